The van der Waals surface area contributed by atoms with Crippen LogP contribution in [0.15, 0.2) is 42.5 Å². The van der Waals surface area contributed by atoms with Crippen molar-refractivity contribution in [3.8, 4) is 0 Å². The van der Waals surface area contributed by atoms with Crippen LogP contribution in [0.1, 0.15) is 37.8 Å². The molecule has 0 aromatic heterocycles. The van der Waals surface area contributed by atoms with E-state index < -0.39 is 12.0 Å². The van der Waals surface area contributed by atoms with E-state index in [0.29, 0.717) is 6.04 Å². The van der Waals surface area contributed by atoms with Crippen LogP contribution in [-0.2, 0) is 9.59 Å². The molecule has 1 aliphatic rings. The van der Waals surface area contributed by atoms with Crippen LogP contribution < -0.4 is 5.32 Å². The molecule has 0 unspecified atom stereocenters. The van der Waals surface area contributed by atoms with Gasteiger partial charge in [-0.2, -0.15) is 0 Å². The molecule has 1 heterocycles. The number of rotatable bonds is 5. The molecule has 0 aliphatic carbocycles. The third kappa shape index (κ3) is 4.22. The molecule has 5 heteroatoms. The summed E-state index contributed by atoms with van der Waals surface area (Å²) in [5.74, 6) is -1.01. The van der Waals surface area contributed by atoms with Gasteiger partial charge in [0.15, 0.2) is 0 Å². The summed E-state index contributed by atoms with van der Waals surface area (Å²) >= 11 is 0. The van der Waals surface area contributed by atoms with E-state index in [2.05, 4.69) is 24.2 Å². The first-order valence-corrected chi connectivity index (χ1v) is 9.15. The van der Waals surface area contributed by atoms with Gasteiger partial charge in [0.1, 0.15) is 0 Å². The van der Waals surface area contributed by atoms with E-state index in [0.717, 1.165) is 35.7 Å². The van der Waals surface area contributed by atoms with Gasteiger partial charge >= 0.3 is 5.97 Å². The molecule has 138 valence electrons. The summed E-state index contributed by atoms with van der Waals surface area (Å²) in [6.07, 6.45) is 1.50. The third-order valence-corrected chi connectivity index (χ3v) is 5.45. The molecule has 1 saturated heterocycles. The van der Waals surface area contributed by atoms with Crippen molar-refractivity contribution in [3.05, 3.63) is 48.0 Å². The average molecular weight is 354 g/mol. The van der Waals surface area contributed by atoms with Gasteiger partial charge < -0.3 is 15.3 Å². The van der Waals surface area contributed by atoms with Gasteiger partial charge in [-0.1, -0.05) is 36.4 Å². The molecule has 26 heavy (non-hydrogen) atoms. The zero-order chi connectivity index (χ0) is 18.7. The van der Waals surface area contributed by atoms with Crippen LogP contribution in [-0.4, -0.2) is 41.5 Å². The monoisotopic (exact) mass is 354 g/mol. The number of benzene rings is 2. The van der Waals surface area contributed by atoms with Crippen LogP contribution in [0.25, 0.3) is 10.8 Å². The second-order valence-electron chi connectivity index (χ2n) is 7.32. The Morgan fingerprint density at radius 1 is 1.23 bits per heavy atom. The van der Waals surface area contributed by atoms with E-state index in [1.54, 1.807) is 0 Å². The number of carbonyl (C=O) groups is 2. The third-order valence-electron chi connectivity index (χ3n) is 5.45. The maximum atomic E-state index is 12.8. The summed E-state index contributed by atoms with van der Waals surface area (Å²) in [5.41, 5.74) is 0.834. The topological polar surface area (TPSA) is 69.6 Å². The predicted molar refractivity (Wildman–Crippen MR) is 102 cm³/mol. The lowest BCUT2D eigenvalue weighted by Gasteiger charge is -2.35. The van der Waals surface area contributed by atoms with Gasteiger partial charge in [-0.15, -0.1) is 0 Å². The van der Waals surface area contributed by atoms with E-state index in [4.69, 9.17) is 0 Å². The molecule has 0 saturated carbocycles. The summed E-state index contributed by atoms with van der Waals surface area (Å²) in [7, 11) is 2.07. The molecule has 1 amide bonds. The van der Waals surface area contributed by atoms with Crippen molar-refractivity contribution in [2.45, 2.75) is 38.3 Å². The number of fused-ring (bicyclic) bond motifs is 1. The molecule has 3 atom stereocenters. The van der Waals surface area contributed by atoms with Crippen molar-refractivity contribution in [1.82, 2.24) is 10.2 Å². The van der Waals surface area contributed by atoms with E-state index in [1.165, 1.54) is 0 Å². The molecular formula is C21H26N2O3. The largest absolute Gasteiger partial charge is 0.481 e. The summed E-state index contributed by atoms with van der Waals surface area (Å²) in [5, 5.41) is 14.4. The van der Waals surface area contributed by atoms with Crippen molar-refractivity contribution in [2.75, 3.05) is 13.6 Å². The fraction of sp³-hybridized carbons (Fsp3) is 0.429. The minimum atomic E-state index is -0.916. The highest BCUT2D eigenvalue weighted by atomic mass is 16.4. The molecule has 0 radical (unpaired) electrons. The number of likely N-dealkylation sites (tertiary alicyclic amines) is 1. The molecule has 2 aromatic rings. The van der Waals surface area contributed by atoms with E-state index >= 15 is 0 Å². The molecule has 0 spiro atoms. The lowest BCUT2D eigenvalue weighted by atomic mass is 9.90. The molecule has 2 aromatic carbocycles. The van der Waals surface area contributed by atoms with Crippen molar-refractivity contribution in [3.63, 3.8) is 0 Å². The number of carbonyl (C=O) groups excluding carboxylic acids is 1. The fourth-order valence-corrected chi connectivity index (χ4v) is 3.67. The minimum absolute atomic E-state index is 0.0376. The van der Waals surface area contributed by atoms with Crippen LogP contribution in [0, 0.1) is 5.92 Å². The number of aliphatic carboxylic acids is 1. The zero-order valence-electron chi connectivity index (χ0n) is 15.3. The highest BCUT2D eigenvalue weighted by Gasteiger charge is 2.30. The lowest BCUT2D eigenvalue weighted by molar-refractivity contribution is -0.138. The first kappa shape index (κ1) is 18.4. The van der Waals surface area contributed by atoms with Crippen LogP contribution in [0.4, 0.5) is 0 Å². The van der Waals surface area contributed by atoms with Gasteiger partial charge in [-0.3, -0.25) is 9.59 Å². The fourth-order valence-electron chi connectivity index (χ4n) is 3.67. The van der Waals surface area contributed by atoms with Gasteiger partial charge in [0, 0.05) is 12.0 Å². The molecule has 1 aliphatic heterocycles. The number of hydrogen-bond acceptors (Lipinski definition) is 3. The number of hydrogen-bond donors (Lipinski definition) is 2. The SMILES string of the molecule is C[C@H]1C[C@@H](C(=O)N[C@@H](CC(=O)O)c2ccc3ccccc3c2)CCN1C. The van der Waals surface area contributed by atoms with E-state index in [-0.39, 0.29) is 18.2 Å². The number of carboxylic acids is 1. The van der Waals surface area contributed by atoms with Crippen LogP contribution in [0.3, 0.4) is 0 Å². The lowest BCUT2D eigenvalue weighted by Crippen LogP contribution is -2.44. The Hall–Kier alpha value is -2.40. The smallest absolute Gasteiger partial charge is 0.305 e. The molecule has 3 rings (SSSR count). The van der Waals surface area contributed by atoms with Gasteiger partial charge in [-0.05, 0) is 55.8 Å². The van der Waals surface area contributed by atoms with Crippen molar-refractivity contribution >= 4 is 22.6 Å². The van der Waals surface area contributed by atoms with Crippen molar-refractivity contribution in [1.29, 1.82) is 0 Å². The van der Waals surface area contributed by atoms with Crippen molar-refractivity contribution < 1.29 is 14.7 Å². The highest BCUT2D eigenvalue weighted by molar-refractivity contribution is 5.84. The van der Waals surface area contributed by atoms with Gasteiger partial charge in [0.25, 0.3) is 0 Å². The number of carboxylic acid groups (broad SMARTS) is 1. The maximum absolute atomic E-state index is 12.8. The standard InChI is InChI=1S/C21H26N2O3/c1-14-11-18(9-10-23(14)2)21(26)22-19(13-20(24)25)17-8-7-15-5-3-4-6-16(15)12-17/h3-8,12,14,18-19H,9-11,13H2,1-2H3,(H,22,26)(H,24,25)/t14-,18-,19-/m0/s1. The van der Waals surface area contributed by atoms with Crippen LogP contribution in [0.2, 0.25) is 0 Å². The first-order chi connectivity index (χ1) is 12.4. The predicted octanol–water partition coefficient (Wildman–Crippen LogP) is 3.20. The molecule has 5 nitrogen and oxygen atoms in total. The summed E-state index contributed by atoms with van der Waals surface area (Å²) < 4.78 is 0. The molecule has 1 fully saturated rings. The zero-order valence-corrected chi connectivity index (χ0v) is 15.3. The Morgan fingerprint density at radius 3 is 2.65 bits per heavy atom. The van der Waals surface area contributed by atoms with Crippen molar-refractivity contribution in [2.24, 2.45) is 5.92 Å². The van der Waals surface area contributed by atoms with E-state index in [9.17, 15) is 14.7 Å². The Balaban J connectivity index is 1.78. The minimum Gasteiger partial charge on any atom is -0.481 e. The number of nitrogens with one attached hydrogen (secondary N) is 1. The Labute approximate surface area is 154 Å². The first-order valence-electron chi connectivity index (χ1n) is 9.15. The summed E-state index contributed by atoms with van der Waals surface area (Å²) in [6, 6.07) is 13.6. The number of amides is 1. The van der Waals surface area contributed by atoms with E-state index in [1.807, 2.05) is 42.5 Å². The summed E-state index contributed by atoms with van der Waals surface area (Å²) in [4.78, 5) is 26.3. The number of piperidine rings is 1. The second-order valence-corrected chi connectivity index (χ2v) is 7.32. The van der Waals surface area contributed by atoms with Crippen LogP contribution in [0.5, 0.6) is 0 Å². The molecular weight excluding hydrogens is 328 g/mol. The maximum Gasteiger partial charge on any atom is 0.305 e. The summed E-state index contributed by atoms with van der Waals surface area (Å²) in [6.45, 7) is 3.01. The second kappa shape index (κ2) is 7.87. The van der Waals surface area contributed by atoms with Gasteiger partial charge in [0.2, 0.25) is 5.91 Å². The van der Waals surface area contributed by atoms with Gasteiger partial charge in [-0.25, -0.2) is 0 Å². The Bertz CT molecular complexity index is 805. The molecule has 0 bridgehead atoms. The highest BCUT2D eigenvalue weighted by Crippen LogP contribution is 2.26. The van der Waals surface area contributed by atoms with Crippen LogP contribution >= 0.6 is 0 Å². The normalized spacial score (nSPS) is 22.1. The van der Waals surface area contributed by atoms with Gasteiger partial charge in [0.05, 0.1) is 12.5 Å². The molecule has 2 N–H and O–H groups in total. The average Bonchev–Trinajstić information content (AvgIpc) is 2.62. The quantitative estimate of drug-likeness (QED) is 0.865. The Morgan fingerprint density at radius 2 is 1.96 bits per heavy atom. The Kier molecular flexibility index (Phi) is 5.57. The number of nitrogens with zero attached hydrogens (tertiary/aromatic N) is 1.